The molecule has 1 amide bonds. The molecule has 2 rings (SSSR count). The zero-order chi connectivity index (χ0) is 15.6. The fourth-order valence-corrected chi connectivity index (χ4v) is 2.09. The molecule has 0 aliphatic carbocycles. The van der Waals surface area contributed by atoms with Crippen molar-refractivity contribution in [2.45, 2.75) is 6.18 Å². The Labute approximate surface area is 126 Å². The van der Waals surface area contributed by atoms with Gasteiger partial charge in [-0.15, -0.1) is 0 Å². The van der Waals surface area contributed by atoms with Gasteiger partial charge in [0.15, 0.2) is 0 Å². The lowest BCUT2D eigenvalue weighted by Gasteiger charge is -2.12. The van der Waals surface area contributed by atoms with E-state index < -0.39 is 17.6 Å². The Morgan fingerprint density at radius 2 is 2.00 bits per heavy atom. The molecule has 0 atom stereocenters. The highest BCUT2D eigenvalue weighted by molar-refractivity contribution is 9.10. The number of nitrogen functional groups attached to an aromatic ring is 1. The van der Waals surface area contributed by atoms with Crippen molar-refractivity contribution >= 4 is 33.2 Å². The number of nitrogens with zero attached hydrogens (tertiary/aromatic N) is 1. The third-order valence-electron chi connectivity index (χ3n) is 2.63. The monoisotopic (exact) mass is 359 g/mol. The number of halogens is 4. The van der Waals surface area contributed by atoms with E-state index in [0.717, 1.165) is 6.07 Å². The number of amides is 1. The molecule has 3 N–H and O–H groups in total. The van der Waals surface area contributed by atoms with Crippen molar-refractivity contribution in [3.05, 3.63) is 52.3 Å². The molecular formula is C13H9BrF3N3O. The van der Waals surface area contributed by atoms with Crippen LogP contribution in [0.3, 0.4) is 0 Å². The van der Waals surface area contributed by atoms with Crippen LogP contribution < -0.4 is 11.1 Å². The quantitative estimate of drug-likeness (QED) is 0.858. The lowest BCUT2D eigenvalue weighted by Crippen LogP contribution is -2.15. The molecule has 4 nitrogen and oxygen atoms in total. The van der Waals surface area contributed by atoms with Gasteiger partial charge in [0.1, 0.15) is 0 Å². The second kappa shape index (κ2) is 5.72. The Morgan fingerprint density at radius 3 is 2.62 bits per heavy atom. The Balaban J connectivity index is 2.29. The molecule has 0 fully saturated rings. The summed E-state index contributed by atoms with van der Waals surface area (Å²) in [5.74, 6) is -0.629. The Hall–Kier alpha value is -2.09. The van der Waals surface area contributed by atoms with Gasteiger partial charge < -0.3 is 11.1 Å². The molecule has 0 unspecified atom stereocenters. The first-order chi connectivity index (χ1) is 9.79. The Kier molecular flexibility index (Phi) is 4.17. The number of hydrogen-bond donors (Lipinski definition) is 2. The average molecular weight is 360 g/mol. The van der Waals surface area contributed by atoms with Gasteiger partial charge in [-0.1, -0.05) is 15.9 Å². The summed E-state index contributed by atoms with van der Waals surface area (Å²) in [6.45, 7) is 0. The summed E-state index contributed by atoms with van der Waals surface area (Å²) in [4.78, 5) is 15.7. The van der Waals surface area contributed by atoms with Crippen molar-refractivity contribution in [3.63, 3.8) is 0 Å². The maximum absolute atomic E-state index is 12.8. The minimum Gasteiger partial charge on any atom is -0.398 e. The van der Waals surface area contributed by atoms with Crippen molar-refractivity contribution in [1.29, 1.82) is 0 Å². The molecule has 1 aromatic carbocycles. The fourth-order valence-electron chi connectivity index (χ4n) is 1.61. The van der Waals surface area contributed by atoms with Gasteiger partial charge in [-0.05, 0) is 24.3 Å². The van der Waals surface area contributed by atoms with Crippen LogP contribution in [-0.4, -0.2) is 10.9 Å². The second-order valence-electron chi connectivity index (χ2n) is 4.11. The first-order valence-corrected chi connectivity index (χ1v) is 6.46. The number of nitrogens with two attached hydrogens (primary N) is 1. The smallest absolute Gasteiger partial charge is 0.398 e. The highest BCUT2D eigenvalue weighted by atomic mass is 79.9. The molecule has 1 aromatic heterocycles. The number of carbonyl (C=O) groups excluding carboxylic acids is 1. The van der Waals surface area contributed by atoms with Crippen molar-refractivity contribution in [2.24, 2.45) is 0 Å². The first kappa shape index (κ1) is 15.3. The van der Waals surface area contributed by atoms with E-state index in [1.165, 1.54) is 30.6 Å². The van der Waals surface area contributed by atoms with Crippen LogP contribution in [-0.2, 0) is 6.18 Å². The van der Waals surface area contributed by atoms with Crippen molar-refractivity contribution < 1.29 is 18.0 Å². The molecular weight excluding hydrogens is 351 g/mol. The zero-order valence-corrected chi connectivity index (χ0v) is 12.0. The van der Waals surface area contributed by atoms with E-state index in [1.54, 1.807) is 0 Å². The number of anilines is 2. The lowest BCUT2D eigenvalue weighted by atomic mass is 10.1. The molecule has 0 spiro atoms. The molecule has 2 aromatic rings. The van der Waals surface area contributed by atoms with Gasteiger partial charge in [-0.2, -0.15) is 13.2 Å². The topological polar surface area (TPSA) is 68.0 Å². The normalized spacial score (nSPS) is 11.2. The van der Waals surface area contributed by atoms with Crippen LogP contribution in [0.15, 0.2) is 41.1 Å². The summed E-state index contributed by atoms with van der Waals surface area (Å²) in [7, 11) is 0. The first-order valence-electron chi connectivity index (χ1n) is 5.66. The number of nitrogens with one attached hydrogen (secondary N) is 1. The van der Waals surface area contributed by atoms with Crippen LogP contribution in [0, 0.1) is 0 Å². The number of alkyl halides is 3. The summed E-state index contributed by atoms with van der Waals surface area (Å²) in [6.07, 6.45) is -1.87. The van der Waals surface area contributed by atoms with Crippen molar-refractivity contribution in [3.8, 4) is 0 Å². The SMILES string of the molecule is Nc1ccncc1C(=O)Nc1ccc(Br)c(C(F)(F)F)c1. The number of hydrogen-bond acceptors (Lipinski definition) is 3. The van der Waals surface area contributed by atoms with Crippen LogP contribution in [0.25, 0.3) is 0 Å². The van der Waals surface area contributed by atoms with E-state index in [1.807, 2.05) is 0 Å². The molecule has 0 aliphatic heterocycles. The third kappa shape index (κ3) is 3.52. The summed E-state index contributed by atoms with van der Waals surface area (Å²) in [6, 6.07) is 4.83. The number of pyridine rings is 1. The Bertz CT molecular complexity index is 689. The summed E-state index contributed by atoms with van der Waals surface area (Å²) in [5.41, 5.74) is 5.03. The molecule has 0 saturated heterocycles. The number of carbonyl (C=O) groups is 1. The maximum Gasteiger partial charge on any atom is 0.417 e. The molecule has 0 saturated carbocycles. The predicted molar refractivity (Wildman–Crippen MR) is 75.7 cm³/mol. The van der Waals surface area contributed by atoms with E-state index in [-0.39, 0.29) is 21.4 Å². The van der Waals surface area contributed by atoms with Crippen molar-refractivity contribution in [2.75, 3.05) is 11.1 Å². The largest absolute Gasteiger partial charge is 0.417 e. The van der Waals surface area contributed by atoms with Gasteiger partial charge in [0.2, 0.25) is 0 Å². The molecule has 21 heavy (non-hydrogen) atoms. The van der Waals surface area contributed by atoms with Gasteiger partial charge in [0.05, 0.1) is 11.1 Å². The molecule has 0 aliphatic rings. The second-order valence-corrected chi connectivity index (χ2v) is 4.96. The minimum atomic E-state index is -4.52. The van der Waals surface area contributed by atoms with E-state index in [2.05, 4.69) is 26.2 Å². The van der Waals surface area contributed by atoms with Crippen LogP contribution in [0.1, 0.15) is 15.9 Å². The standard InChI is InChI=1S/C13H9BrF3N3O/c14-10-2-1-7(5-9(10)13(15,16)17)20-12(21)8-6-19-4-3-11(8)18/h1-6H,(H2,18,19)(H,20,21). The summed E-state index contributed by atoms with van der Waals surface area (Å²) < 4.78 is 38.2. The van der Waals surface area contributed by atoms with Crippen LogP contribution in [0.5, 0.6) is 0 Å². The molecule has 1 heterocycles. The number of rotatable bonds is 2. The van der Waals surface area contributed by atoms with Gasteiger partial charge in [-0.3, -0.25) is 9.78 Å². The van der Waals surface area contributed by atoms with E-state index >= 15 is 0 Å². The molecule has 110 valence electrons. The van der Waals surface area contributed by atoms with E-state index in [0.29, 0.717) is 0 Å². The van der Waals surface area contributed by atoms with Crippen molar-refractivity contribution in [1.82, 2.24) is 4.98 Å². The summed E-state index contributed by atoms with van der Waals surface area (Å²) in [5, 5.41) is 2.36. The Morgan fingerprint density at radius 1 is 1.29 bits per heavy atom. The minimum absolute atomic E-state index is 0.0128. The predicted octanol–water partition coefficient (Wildman–Crippen LogP) is 3.70. The zero-order valence-electron chi connectivity index (χ0n) is 10.4. The molecule has 8 heteroatoms. The number of aromatic nitrogens is 1. The molecule has 0 bridgehead atoms. The van der Waals surface area contributed by atoms with Crippen LogP contribution in [0.4, 0.5) is 24.5 Å². The molecule has 0 radical (unpaired) electrons. The van der Waals surface area contributed by atoms with E-state index in [4.69, 9.17) is 5.73 Å². The van der Waals surface area contributed by atoms with Gasteiger partial charge in [0.25, 0.3) is 5.91 Å². The van der Waals surface area contributed by atoms with Gasteiger partial charge >= 0.3 is 6.18 Å². The van der Waals surface area contributed by atoms with Gasteiger partial charge in [0, 0.05) is 28.2 Å². The highest BCUT2D eigenvalue weighted by Gasteiger charge is 2.33. The third-order valence-corrected chi connectivity index (χ3v) is 3.32. The van der Waals surface area contributed by atoms with Crippen LogP contribution >= 0.6 is 15.9 Å². The number of benzene rings is 1. The highest BCUT2D eigenvalue weighted by Crippen LogP contribution is 2.36. The van der Waals surface area contributed by atoms with Crippen LogP contribution in [0.2, 0.25) is 0 Å². The van der Waals surface area contributed by atoms with E-state index in [9.17, 15) is 18.0 Å². The average Bonchev–Trinajstić information content (AvgIpc) is 2.40. The lowest BCUT2D eigenvalue weighted by molar-refractivity contribution is -0.138. The maximum atomic E-state index is 12.8. The van der Waals surface area contributed by atoms with Gasteiger partial charge in [-0.25, -0.2) is 0 Å². The fraction of sp³-hybridized carbons (Fsp3) is 0.0769. The summed E-state index contributed by atoms with van der Waals surface area (Å²) >= 11 is 2.83.